The summed E-state index contributed by atoms with van der Waals surface area (Å²) in [5.74, 6) is 3.08. The van der Waals surface area contributed by atoms with Crippen molar-refractivity contribution < 1.29 is 0 Å². The number of guanidine groups is 1. The molecule has 1 aliphatic rings. The van der Waals surface area contributed by atoms with E-state index in [0.29, 0.717) is 6.54 Å². The number of aromatic nitrogens is 3. The fraction of sp³-hybridized carbons (Fsp3) is 0.737. The summed E-state index contributed by atoms with van der Waals surface area (Å²) in [5, 5.41) is 12.1. The first-order valence-electron chi connectivity index (χ1n) is 9.77. The zero-order chi connectivity index (χ0) is 17.9. The highest BCUT2D eigenvalue weighted by atomic mass is 15.3. The summed E-state index contributed by atoms with van der Waals surface area (Å²) in [5.41, 5.74) is 0. The highest BCUT2D eigenvalue weighted by Crippen LogP contribution is 2.15. The molecule has 0 amide bonds. The van der Waals surface area contributed by atoms with Crippen LogP contribution in [0.4, 0.5) is 0 Å². The lowest BCUT2D eigenvalue weighted by atomic mass is 10.2. The molecule has 0 atom stereocenters. The van der Waals surface area contributed by atoms with Gasteiger partial charge in [0.05, 0.1) is 0 Å². The Hall–Kier alpha value is -1.85. The summed E-state index contributed by atoms with van der Waals surface area (Å²) in [6.45, 7) is 9.40. The normalized spacial score (nSPS) is 14.7. The largest absolute Gasteiger partial charge is 0.357 e. The van der Waals surface area contributed by atoms with Gasteiger partial charge in [0.2, 0.25) is 0 Å². The molecule has 0 spiro atoms. The maximum Gasteiger partial charge on any atom is 0.194 e. The number of allylic oxidation sites excluding steroid dienone is 1. The second kappa shape index (κ2) is 10.9. The van der Waals surface area contributed by atoms with E-state index in [1.54, 1.807) is 0 Å². The quantitative estimate of drug-likeness (QED) is 0.323. The Morgan fingerprint density at radius 3 is 2.96 bits per heavy atom. The van der Waals surface area contributed by atoms with Crippen molar-refractivity contribution in [1.29, 1.82) is 0 Å². The average Bonchev–Trinajstić information content (AvgIpc) is 2.84. The lowest BCUT2D eigenvalue weighted by Gasteiger charge is -2.22. The predicted octanol–water partition coefficient (Wildman–Crippen LogP) is 3.15. The molecule has 0 aliphatic carbocycles. The van der Waals surface area contributed by atoms with Crippen molar-refractivity contribution in [3.8, 4) is 0 Å². The van der Waals surface area contributed by atoms with Crippen molar-refractivity contribution in [3.05, 3.63) is 24.3 Å². The van der Waals surface area contributed by atoms with E-state index in [9.17, 15) is 0 Å². The van der Waals surface area contributed by atoms with Gasteiger partial charge >= 0.3 is 0 Å². The number of fused-ring (bicyclic) bond motifs is 1. The monoisotopic (exact) mass is 346 g/mol. The first kappa shape index (κ1) is 19.5. The zero-order valence-electron chi connectivity index (χ0n) is 16.0. The van der Waals surface area contributed by atoms with Crippen LogP contribution in [0, 0.1) is 0 Å². The second-order valence-corrected chi connectivity index (χ2v) is 6.72. The summed E-state index contributed by atoms with van der Waals surface area (Å²) in [4.78, 5) is 7.02. The van der Waals surface area contributed by atoms with E-state index in [2.05, 4.69) is 45.5 Å². The van der Waals surface area contributed by atoms with Crippen LogP contribution in [0.1, 0.15) is 63.5 Å². The van der Waals surface area contributed by atoms with E-state index in [0.717, 1.165) is 50.1 Å². The standard InChI is InChI=1S/C19H34N6/c1-4-6-7-8-11-14-24(3)19(20-5-2)21-16-18-23-22-17-13-10-9-12-15-25(17)18/h4H,1,5-16H2,2-3H3,(H,20,21). The molecule has 2 rings (SSSR count). The smallest absolute Gasteiger partial charge is 0.194 e. The number of aliphatic imine (C=N–C) groups is 1. The molecular formula is C19H34N6. The van der Waals surface area contributed by atoms with E-state index >= 15 is 0 Å². The Bertz CT molecular complexity index is 548. The molecule has 25 heavy (non-hydrogen) atoms. The zero-order valence-corrected chi connectivity index (χ0v) is 16.0. The highest BCUT2D eigenvalue weighted by molar-refractivity contribution is 5.79. The topological polar surface area (TPSA) is 58.3 Å². The molecule has 0 saturated heterocycles. The van der Waals surface area contributed by atoms with Crippen LogP contribution in [0.25, 0.3) is 0 Å². The Balaban J connectivity index is 1.92. The third-order valence-electron chi connectivity index (χ3n) is 4.65. The molecular weight excluding hydrogens is 312 g/mol. The van der Waals surface area contributed by atoms with E-state index in [-0.39, 0.29) is 0 Å². The third kappa shape index (κ3) is 6.18. The van der Waals surface area contributed by atoms with Crippen molar-refractivity contribution in [2.24, 2.45) is 4.99 Å². The lowest BCUT2D eigenvalue weighted by molar-refractivity contribution is 0.454. The number of unbranched alkanes of at least 4 members (excludes halogenated alkanes) is 3. The van der Waals surface area contributed by atoms with Crippen LogP contribution in [0.3, 0.4) is 0 Å². The summed E-state index contributed by atoms with van der Waals surface area (Å²) in [6.07, 6.45) is 11.5. The maximum absolute atomic E-state index is 4.80. The molecule has 1 N–H and O–H groups in total. The van der Waals surface area contributed by atoms with Crippen LogP contribution >= 0.6 is 0 Å². The van der Waals surface area contributed by atoms with Gasteiger partial charge in [-0.3, -0.25) is 0 Å². The van der Waals surface area contributed by atoms with Gasteiger partial charge in [0.1, 0.15) is 12.4 Å². The molecule has 0 fully saturated rings. The highest BCUT2D eigenvalue weighted by Gasteiger charge is 2.14. The fourth-order valence-electron chi connectivity index (χ4n) is 3.20. The van der Waals surface area contributed by atoms with Gasteiger partial charge in [0.25, 0.3) is 0 Å². The molecule has 0 unspecified atom stereocenters. The number of rotatable bonds is 9. The number of aryl methyl sites for hydroxylation is 1. The Labute approximate surface area is 152 Å². The minimum Gasteiger partial charge on any atom is -0.357 e. The second-order valence-electron chi connectivity index (χ2n) is 6.72. The van der Waals surface area contributed by atoms with Crippen LogP contribution in [-0.2, 0) is 19.5 Å². The fourth-order valence-corrected chi connectivity index (χ4v) is 3.20. The number of hydrogen-bond donors (Lipinski definition) is 1. The first-order chi connectivity index (χ1) is 12.3. The average molecular weight is 347 g/mol. The minimum atomic E-state index is 0.593. The van der Waals surface area contributed by atoms with E-state index in [1.807, 2.05) is 6.08 Å². The van der Waals surface area contributed by atoms with Gasteiger partial charge in [-0.15, -0.1) is 16.8 Å². The Kier molecular flexibility index (Phi) is 8.49. The molecule has 0 saturated carbocycles. The Morgan fingerprint density at radius 2 is 2.16 bits per heavy atom. The van der Waals surface area contributed by atoms with E-state index in [1.165, 1.54) is 38.5 Å². The van der Waals surface area contributed by atoms with Gasteiger partial charge in [-0.1, -0.05) is 18.9 Å². The SMILES string of the molecule is C=CCCCCCN(C)C(=NCc1nnc2n1CCCCC2)NCC. The molecule has 1 aliphatic heterocycles. The molecule has 6 heteroatoms. The van der Waals surface area contributed by atoms with Gasteiger partial charge in [-0.2, -0.15) is 0 Å². The summed E-state index contributed by atoms with van der Waals surface area (Å²) in [6, 6.07) is 0. The molecule has 1 aromatic rings. The van der Waals surface area contributed by atoms with E-state index in [4.69, 9.17) is 4.99 Å². The molecule has 140 valence electrons. The van der Waals surface area contributed by atoms with Crippen LogP contribution < -0.4 is 5.32 Å². The molecule has 1 aromatic heterocycles. The number of hydrogen-bond acceptors (Lipinski definition) is 3. The molecule has 0 aromatic carbocycles. The third-order valence-corrected chi connectivity index (χ3v) is 4.65. The van der Waals surface area contributed by atoms with Gasteiger partial charge in [-0.05, 0) is 39.0 Å². The van der Waals surface area contributed by atoms with E-state index < -0.39 is 0 Å². The summed E-state index contributed by atoms with van der Waals surface area (Å²) in [7, 11) is 2.11. The molecule has 0 radical (unpaired) electrons. The summed E-state index contributed by atoms with van der Waals surface area (Å²) < 4.78 is 2.27. The van der Waals surface area contributed by atoms with Crippen molar-refractivity contribution in [2.45, 2.75) is 71.4 Å². The lowest BCUT2D eigenvalue weighted by Crippen LogP contribution is -2.39. The van der Waals surface area contributed by atoms with Crippen LogP contribution in [0.5, 0.6) is 0 Å². The minimum absolute atomic E-state index is 0.593. The van der Waals surface area contributed by atoms with Crippen LogP contribution in [0.2, 0.25) is 0 Å². The van der Waals surface area contributed by atoms with Crippen molar-refractivity contribution in [2.75, 3.05) is 20.1 Å². The van der Waals surface area contributed by atoms with Crippen LogP contribution in [-0.4, -0.2) is 45.8 Å². The maximum atomic E-state index is 4.80. The van der Waals surface area contributed by atoms with Crippen molar-refractivity contribution >= 4 is 5.96 Å². The van der Waals surface area contributed by atoms with Crippen LogP contribution in [0.15, 0.2) is 17.6 Å². The first-order valence-corrected chi connectivity index (χ1v) is 9.77. The predicted molar refractivity (Wildman–Crippen MR) is 104 cm³/mol. The molecule has 0 bridgehead atoms. The van der Waals surface area contributed by atoms with Crippen molar-refractivity contribution in [3.63, 3.8) is 0 Å². The summed E-state index contributed by atoms with van der Waals surface area (Å²) >= 11 is 0. The number of nitrogens with one attached hydrogen (secondary N) is 1. The van der Waals surface area contributed by atoms with Gasteiger partial charge in [-0.25, -0.2) is 4.99 Å². The van der Waals surface area contributed by atoms with Gasteiger partial charge < -0.3 is 14.8 Å². The Morgan fingerprint density at radius 1 is 1.28 bits per heavy atom. The van der Waals surface area contributed by atoms with Gasteiger partial charge in [0, 0.05) is 33.1 Å². The van der Waals surface area contributed by atoms with Crippen molar-refractivity contribution in [1.82, 2.24) is 25.0 Å². The number of nitrogens with zero attached hydrogens (tertiary/aromatic N) is 5. The van der Waals surface area contributed by atoms with Gasteiger partial charge in [0.15, 0.2) is 11.8 Å². The molecule has 6 nitrogen and oxygen atoms in total. The molecule has 2 heterocycles.